The Bertz CT molecular complexity index is 403. The van der Waals surface area contributed by atoms with Crippen LogP contribution in [0.15, 0.2) is 17.5 Å². The van der Waals surface area contributed by atoms with E-state index in [-0.39, 0.29) is 44.5 Å². The lowest BCUT2D eigenvalue weighted by Gasteiger charge is -2.20. The van der Waals surface area contributed by atoms with Gasteiger partial charge in [-0.1, -0.05) is 6.07 Å². The number of hydrogen-bond donors (Lipinski definition) is 3. The summed E-state index contributed by atoms with van der Waals surface area (Å²) in [6.45, 7) is 0.623. The first-order chi connectivity index (χ1) is 9.69. The number of amides is 2. The fourth-order valence-corrected chi connectivity index (χ4v) is 2.34. The van der Waals surface area contributed by atoms with Gasteiger partial charge >= 0.3 is 0 Å². The number of aliphatic hydroxyl groups excluding tert-OH is 2. The molecule has 0 aliphatic rings. The molecule has 0 atom stereocenters. The maximum Gasteiger partial charge on any atom is 0.261 e. The van der Waals surface area contributed by atoms with Gasteiger partial charge in [0.2, 0.25) is 5.91 Å². The van der Waals surface area contributed by atoms with Crippen molar-refractivity contribution in [3.05, 3.63) is 22.4 Å². The van der Waals surface area contributed by atoms with Crippen molar-refractivity contribution in [1.29, 1.82) is 0 Å². The molecule has 0 saturated carbocycles. The Labute approximate surface area is 122 Å². The molecule has 0 bridgehead atoms. The van der Waals surface area contributed by atoms with Crippen LogP contribution in [0.2, 0.25) is 0 Å². The maximum absolute atomic E-state index is 11.8. The van der Waals surface area contributed by atoms with Crippen molar-refractivity contribution in [3.63, 3.8) is 0 Å². The molecular weight excluding hydrogens is 280 g/mol. The zero-order chi connectivity index (χ0) is 14.8. The highest BCUT2D eigenvalue weighted by atomic mass is 32.1. The first-order valence-corrected chi connectivity index (χ1v) is 7.38. The Hall–Kier alpha value is -1.44. The smallest absolute Gasteiger partial charge is 0.261 e. The van der Waals surface area contributed by atoms with Gasteiger partial charge in [-0.25, -0.2) is 0 Å². The molecule has 0 unspecified atom stereocenters. The molecule has 1 heterocycles. The van der Waals surface area contributed by atoms with Crippen molar-refractivity contribution >= 4 is 23.2 Å². The van der Waals surface area contributed by atoms with E-state index in [4.69, 9.17) is 10.2 Å². The van der Waals surface area contributed by atoms with Crippen LogP contribution in [0.25, 0.3) is 0 Å². The summed E-state index contributed by atoms with van der Waals surface area (Å²) in [5, 5.41) is 22.2. The lowest BCUT2D eigenvalue weighted by molar-refractivity contribution is -0.132. The molecule has 0 fully saturated rings. The molecule has 112 valence electrons. The highest BCUT2D eigenvalue weighted by Gasteiger charge is 2.12. The van der Waals surface area contributed by atoms with Gasteiger partial charge in [-0.3, -0.25) is 9.59 Å². The molecule has 0 aliphatic heterocycles. The van der Waals surface area contributed by atoms with E-state index in [1.807, 2.05) is 11.4 Å². The van der Waals surface area contributed by atoms with E-state index in [0.29, 0.717) is 17.8 Å². The van der Waals surface area contributed by atoms with Crippen molar-refractivity contribution < 1.29 is 19.8 Å². The fourth-order valence-electron chi connectivity index (χ4n) is 1.70. The SMILES string of the molecule is O=C(NCCCC(=O)N(CCO)CCO)c1cccs1. The molecule has 6 nitrogen and oxygen atoms in total. The van der Waals surface area contributed by atoms with E-state index in [2.05, 4.69) is 5.32 Å². The molecule has 1 rings (SSSR count). The summed E-state index contributed by atoms with van der Waals surface area (Å²) < 4.78 is 0. The summed E-state index contributed by atoms with van der Waals surface area (Å²) in [7, 11) is 0. The summed E-state index contributed by atoms with van der Waals surface area (Å²) >= 11 is 1.37. The third-order valence-electron chi connectivity index (χ3n) is 2.69. The molecule has 1 aromatic rings. The van der Waals surface area contributed by atoms with E-state index in [1.165, 1.54) is 16.2 Å². The lowest BCUT2D eigenvalue weighted by atomic mass is 10.2. The van der Waals surface area contributed by atoms with Crippen molar-refractivity contribution in [2.75, 3.05) is 32.8 Å². The molecule has 0 radical (unpaired) electrons. The maximum atomic E-state index is 11.8. The first kappa shape index (κ1) is 16.6. The zero-order valence-electron chi connectivity index (χ0n) is 11.2. The average molecular weight is 300 g/mol. The molecule has 20 heavy (non-hydrogen) atoms. The number of nitrogens with zero attached hydrogens (tertiary/aromatic N) is 1. The van der Waals surface area contributed by atoms with Gasteiger partial charge in [-0.2, -0.15) is 0 Å². The minimum atomic E-state index is -0.130. The molecule has 7 heteroatoms. The van der Waals surface area contributed by atoms with Gasteiger partial charge in [-0.15, -0.1) is 11.3 Å². The molecule has 3 N–H and O–H groups in total. The first-order valence-electron chi connectivity index (χ1n) is 6.50. The summed E-state index contributed by atoms with van der Waals surface area (Å²) in [6.07, 6.45) is 0.814. The predicted octanol–water partition coefficient (Wildman–Crippen LogP) is 0.0713. The van der Waals surface area contributed by atoms with Gasteiger partial charge in [0.05, 0.1) is 18.1 Å². The average Bonchev–Trinajstić information content (AvgIpc) is 2.97. The molecule has 1 aromatic heterocycles. The fraction of sp³-hybridized carbons (Fsp3) is 0.538. The van der Waals surface area contributed by atoms with Gasteiger partial charge in [0.15, 0.2) is 0 Å². The second-order valence-corrected chi connectivity index (χ2v) is 5.11. The quantitative estimate of drug-likeness (QED) is 0.563. The zero-order valence-corrected chi connectivity index (χ0v) is 12.1. The monoisotopic (exact) mass is 300 g/mol. The molecule has 2 amide bonds. The topological polar surface area (TPSA) is 89.9 Å². The third kappa shape index (κ3) is 5.68. The number of hydrogen-bond acceptors (Lipinski definition) is 5. The van der Waals surface area contributed by atoms with Gasteiger partial charge < -0.3 is 20.4 Å². The number of rotatable bonds is 9. The molecule has 0 saturated heterocycles. The van der Waals surface area contributed by atoms with Crippen LogP contribution in [0, 0.1) is 0 Å². The second kappa shape index (κ2) is 9.46. The Kier molecular flexibility index (Phi) is 7.86. The van der Waals surface area contributed by atoms with Crippen LogP contribution in [-0.2, 0) is 4.79 Å². The predicted molar refractivity (Wildman–Crippen MR) is 76.6 cm³/mol. The van der Waals surface area contributed by atoms with Crippen molar-refractivity contribution in [2.24, 2.45) is 0 Å². The third-order valence-corrected chi connectivity index (χ3v) is 3.56. The summed E-state index contributed by atoms with van der Waals surface area (Å²) in [6, 6.07) is 3.56. The lowest BCUT2D eigenvalue weighted by Crippen LogP contribution is -2.36. The standard InChI is InChI=1S/C13H20N2O4S/c16-8-6-15(7-9-17)12(18)4-1-5-14-13(19)11-3-2-10-20-11/h2-3,10,16-17H,1,4-9H2,(H,14,19). The summed E-state index contributed by atoms with van der Waals surface area (Å²) in [4.78, 5) is 25.5. The molecule has 0 aromatic carbocycles. The highest BCUT2D eigenvalue weighted by molar-refractivity contribution is 7.12. The van der Waals surface area contributed by atoms with Gasteiger partial charge in [0.25, 0.3) is 5.91 Å². The van der Waals surface area contributed by atoms with Crippen LogP contribution in [0.3, 0.4) is 0 Å². The van der Waals surface area contributed by atoms with Crippen LogP contribution in [0.1, 0.15) is 22.5 Å². The van der Waals surface area contributed by atoms with Gasteiger partial charge in [-0.05, 0) is 17.9 Å². The molecule has 0 spiro atoms. The number of carbonyl (C=O) groups is 2. The Morgan fingerprint density at radius 3 is 2.50 bits per heavy atom. The van der Waals surface area contributed by atoms with E-state index in [0.717, 1.165) is 0 Å². The Morgan fingerprint density at radius 2 is 1.95 bits per heavy atom. The minimum absolute atomic E-state index is 0.124. The number of aliphatic hydroxyl groups is 2. The summed E-state index contributed by atoms with van der Waals surface area (Å²) in [5.41, 5.74) is 0. The van der Waals surface area contributed by atoms with Crippen LogP contribution in [0.4, 0.5) is 0 Å². The Balaban J connectivity index is 2.22. The summed E-state index contributed by atoms with van der Waals surface area (Å²) in [5.74, 6) is -0.256. The molecule has 0 aliphatic carbocycles. The van der Waals surface area contributed by atoms with Crippen molar-refractivity contribution in [3.8, 4) is 0 Å². The molecular formula is C13H20N2O4S. The number of thiophene rings is 1. The number of carbonyl (C=O) groups excluding carboxylic acids is 2. The normalized spacial score (nSPS) is 10.3. The minimum Gasteiger partial charge on any atom is -0.395 e. The van der Waals surface area contributed by atoms with E-state index >= 15 is 0 Å². The van der Waals surface area contributed by atoms with Crippen molar-refractivity contribution in [1.82, 2.24) is 10.2 Å². The second-order valence-electron chi connectivity index (χ2n) is 4.16. The van der Waals surface area contributed by atoms with Crippen LogP contribution < -0.4 is 5.32 Å². The van der Waals surface area contributed by atoms with Gasteiger partial charge in [0, 0.05) is 26.1 Å². The Morgan fingerprint density at radius 1 is 1.25 bits per heavy atom. The van der Waals surface area contributed by atoms with E-state index in [1.54, 1.807) is 6.07 Å². The van der Waals surface area contributed by atoms with Crippen LogP contribution >= 0.6 is 11.3 Å². The van der Waals surface area contributed by atoms with Crippen molar-refractivity contribution in [2.45, 2.75) is 12.8 Å². The van der Waals surface area contributed by atoms with Gasteiger partial charge in [0.1, 0.15) is 0 Å². The largest absolute Gasteiger partial charge is 0.395 e. The van der Waals surface area contributed by atoms with E-state index in [9.17, 15) is 9.59 Å². The van der Waals surface area contributed by atoms with E-state index < -0.39 is 0 Å². The number of nitrogens with one attached hydrogen (secondary N) is 1. The van der Waals surface area contributed by atoms with Crippen LogP contribution in [-0.4, -0.2) is 59.8 Å². The van der Waals surface area contributed by atoms with Crippen LogP contribution in [0.5, 0.6) is 0 Å². The highest BCUT2D eigenvalue weighted by Crippen LogP contribution is 2.07.